The van der Waals surface area contributed by atoms with Crippen molar-refractivity contribution in [1.29, 1.82) is 0 Å². The molecule has 0 bridgehead atoms. The first kappa shape index (κ1) is 9.28. The Balaban J connectivity index is 2.13. The van der Waals surface area contributed by atoms with Gasteiger partial charge in [-0.1, -0.05) is 30.3 Å². The number of hydrogen-bond donors (Lipinski definition) is 1. The van der Waals surface area contributed by atoms with E-state index in [0.717, 1.165) is 23.4 Å². The van der Waals surface area contributed by atoms with Gasteiger partial charge in [0, 0.05) is 17.7 Å². The fraction of sp³-hybridized carbons (Fsp3) is 0.143. The minimum atomic E-state index is 0.632. The predicted octanol–water partition coefficient (Wildman–Crippen LogP) is 2.75. The third-order valence-corrected chi connectivity index (χ3v) is 3.04. The lowest BCUT2D eigenvalue weighted by atomic mass is 10.00. The van der Waals surface area contributed by atoms with Crippen LogP contribution in [0.2, 0.25) is 0 Å². The SMILES string of the molecule is Nc1cccc2c1Cc1ccccc1CO2. The van der Waals surface area contributed by atoms with Crippen molar-refractivity contribution in [3.63, 3.8) is 0 Å². The lowest BCUT2D eigenvalue weighted by Crippen LogP contribution is -1.96. The van der Waals surface area contributed by atoms with Crippen molar-refractivity contribution in [3.8, 4) is 5.75 Å². The van der Waals surface area contributed by atoms with Crippen LogP contribution < -0.4 is 10.5 Å². The molecule has 0 unspecified atom stereocenters. The fourth-order valence-electron chi connectivity index (χ4n) is 2.12. The summed E-state index contributed by atoms with van der Waals surface area (Å²) in [6.45, 7) is 0.632. The summed E-state index contributed by atoms with van der Waals surface area (Å²) in [5.74, 6) is 0.913. The minimum absolute atomic E-state index is 0.632. The van der Waals surface area contributed by atoms with Gasteiger partial charge in [0.05, 0.1) is 0 Å². The van der Waals surface area contributed by atoms with E-state index in [1.807, 2.05) is 24.3 Å². The van der Waals surface area contributed by atoms with Crippen molar-refractivity contribution in [2.24, 2.45) is 0 Å². The molecule has 0 amide bonds. The molecule has 1 aliphatic heterocycles. The molecule has 16 heavy (non-hydrogen) atoms. The average Bonchev–Trinajstić information content (AvgIpc) is 2.50. The molecule has 2 heteroatoms. The monoisotopic (exact) mass is 211 g/mol. The van der Waals surface area contributed by atoms with E-state index >= 15 is 0 Å². The van der Waals surface area contributed by atoms with Crippen LogP contribution in [0.25, 0.3) is 0 Å². The molecule has 1 heterocycles. The molecule has 0 saturated carbocycles. The van der Waals surface area contributed by atoms with Crippen molar-refractivity contribution in [1.82, 2.24) is 0 Å². The average molecular weight is 211 g/mol. The zero-order valence-electron chi connectivity index (χ0n) is 8.94. The lowest BCUT2D eigenvalue weighted by molar-refractivity contribution is 0.307. The Bertz CT molecular complexity index is 534. The van der Waals surface area contributed by atoms with E-state index in [0.29, 0.717) is 6.61 Å². The molecule has 1 aliphatic rings. The number of fused-ring (bicyclic) bond motifs is 2. The quantitative estimate of drug-likeness (QED) is 0.680. The van der Waals surface area contributed by atoms with Gasteiger partial charge in [0.2, 0.25) is 0 Å². The number of anilines is 1. The Labute approximate surface area is 94.7 Å². The molecular formula is C14H13NO. The third kappa shape index (κ3) is 1.43. The molecule has 0 atom stereocenters. The Morgan fingerprint density at radius 3 is 2.62 bits per heavy atom. The minimum Gasteiger partial charge on any atom is -0.489 e. The number of ether oxygens (including phenoxy) is 1. The summed E-state index contributed by atoms with van der Waals surface area (Å²) in [5, 5.41) is 0. The van der Waals surface area contributed by atoms with Crippen LogP contribution in [0.15, 0.2) is 42.5 Å². The normalized spacial score (nSPS) is 13.2. The molecule has 2 N–H and O–H groups in total. The molecule has 2 aromatic carbocycles. The zero-order chi connectivity index (χ0) is 11.0. The number of nitrogen functional groups attached to an aromatic ring is 1. The van der Waals surface area contributed by atoms with Gasteiger partial charge < -0.3 is 10.5 Å². The molecule has 0 radical (unpaired) electrons. The summed E-state index contributed by atoms with van der Waals surface area (Å²) in [6, 6.07) is 14.2. The van der Waals surface area contributed by atoms with Crippen molar-refractivity contribution >= 4 is 5.69 Å². The van der Waals surface area contributed by atoms with E-state index < -0.39 is 0 Å². The number of rotatable bonds is 0. The highest BCUT2D eigenvalue weighted by molar-refractivity contribution is 5.57. The Morgan fingerprint density at radius 2 is 1.75 bits per heavy atom. The molecule has 0 aliphatic carbocycles. The highest BCUT2D eigenvalue weighted by atomic mass is 16.5. The van der Waals surface area contributed by atoms with Gasteiger partial charge in [0.15, 0.2) is 0 Å². The van der Waals surface area contributed by atoms with Gasteiger partial charge in [-0.15, -0.1) is 0 Å². The van der Waals surface area contributed by atoms with Gasteiger partial charge >= 0.3 is 0 Å². The fourth-order valence-corrected chi connectivity index (χ4v) is 2.12. The maximum absolute atomic E-state index is 5.99. The van der Waals surface area contributed by atoms with E-state index in [4.69, 9.17) is 10.5 Å². The van der Waals surface area contributed by atoms with Gasteiger partial charge in [-0.2, -0.15) is 0 Å². The van der Waals surface area contributed by atoms with Crippen LogP contribution >= 0.6 is 0 Å². The molecule has 0 aromatic heterocycles. The molecule has 0 spiro atoms. The van der Waals surface area contributed by atoms with E-state index in [1.165, 1.54) is 11.1 Å². The molecule has 0 saturated heterocycles. The molecule has 2 nitrogen and oxygen atoms in total. The number of benzene rings is 2. The summed E-state index contributed by atoms with van der Waals surface area (Å²) in [5.41, 5.74) is 10.5. The van der Waals surface area contributed by atoms with Gasteiger partial charge in [-0.05, 0) is 23.3 Å². The van der Waals surface area contributed by atoms with E-state index in [2.05, 4.69) is 18.2 Å². The second-order valence-electron chi connectivity index (χ2n) is 4.06. The highest BCUT2D eigenvalue weighted by Crippen LogP contribution is 2.31. The van der Waals surface area contributed by atoms with Gasteiger partial charge in [-0.3, -0.25) is 0 Å². The smallest absolute Gasteiger partial charge is 0.125 e. The Morgan fingerprint density at radius 1 is 0.938 bits per heavy atom. The summed E-state index contributed by atoms with van der Waals surface area (Å²) < 4.78 is 5.78. The maximum Gasteiger partial charge on any atom is 0.125 e. The Kier molecular flexibility index (Phi) is 2.07. The van der Waals surface area contributed by atoms with Crippen LogP contribution in [0.4, 0.5) is 5.69 Å². The van der Waals surface area contributed by atoms with Gasteiger partial charge in [0.25, 0.3) is 0 Å². The lowest BCUT2D eigenvalue weighted by Gasteiger charge is -2.08. The highest BCUT2D eigenvalue weighted by Gasteiger charge is 2.15. The summed E-state index contributed by atoms with van der Waals surface area (Å²) >= 11 is 0. The first-order chi connectivity index (χ1) is 7.84. The second-order valence-corrected chi connectivity index (χ2v) is 4.06. The van der Waals surface area contributed by atoms with Crippen LogP contribution in [0.1, 0.15) is 16.7 Å². The Hall–Kier alpha value is -1.96. The zero-order valence-corrected chi connectivity index (χ0v) is 8.94. The first-order valence-corrected chi connectivity index (χ1v) is 5.41. The van der Waals surface area contributed by atoms with Crippen molar-refractivity contribution < 1.29 is 4.74 Å². The molecule has 2 aromatic rings. The van der Waals surface area contributed by atoms with Crippen molar-refractivity contribution in [2.75, 3.05) is 5.73 Å². The van der Waals surface area contributed by atoms with Crippen LogP contribution in [-0.2, 0) is 13.0 Å². The number of hydrogen-bond acceptors (Lipinski definition) is 2. The van der Waals surface area contributed by atoms with Gasteiger partial charge in [-0.25, -0.2) is 0 Å². The molecule has 3 rings (SSSR count). The molecule has 80 valence electrons. The van der Waals surface area contributed by atoms with Crippen molar-refractivity contribution in [3.05, 3.63) is 59.2 Å². The molecular weight excluding hydrogens is 198 g/mol. The largest absolute Gasteiger partial charge is 0.489 e. The topological polar surface area (TPSA) is 35.2 Å². The maximum atomic E-state index is 5.99. The van der Waals surface area contributed by atoms with E-state index in [9.17, 15) is 0 Å². The van der Waals surface area contributed by atoms with Crippen molar-refractivity contribution in [2.45, 2.75) is 13.0 Å². The second kappa shape index (κ2) is 3.56. The standard InChI is InChI=1S/C14H13NO/c15-13-6-3-7-14-12(13)8-10-4-1-2-5-11(10)9-16-14/h1-7H,8-9,15H2. The summed E-state index contributed by atoms with van der Waals surface area (Å²) in [4.78, 5) is 0. The van der Waals surface area contributed by atoms with Crippen LogP contribution in [-0.4, -0.2) is 0 Å². The first-order valence-electron chi connectivity index (χ1n) is 5.41. The van der Waals surface area contributed by atoms with Gasteiger partial charge in [0.1, 0.15) is 12.4 Å². The predicted molar refractivity (Wildman–Crippen MR) is 64.4 cm³/mol. The summed E-state index contributed by atoms with van der Waals surface area (Å²) in [6.07, 6.45) is 0.859. The van der Waals surface area contributed by atoms with E-state index in [1.54, 1.807) is 0 Å². The van der Waals surface area contributed by atoms with E-state index in [-0.39, 0.29) is 0 Å². The van der Waals surface area contributed by atoms with Crippen LogP contribution in [0.3, 0.4) is 0 Å². The molecule has 0 fully saturated rings. The van der Waals surface area contributed by atoms with Crippen LogP contribution in [0, 0.1) is 0 Å². The van der Waals surface area contributed by atoms with Crippen LogP contribution in [0.5, 0.6) is 5.75 Å². The summed E-state index contributed by atoms with van der Waals surface area (Å²) in [7, 11) is 0. The third-order valence-electron chi connectivity index (χ3n) is 3.04. The number of nitrogens with two attached hydrogens (primary N) is 1.